The van der Waals surface area contributed by atoms with E-state index in [4.69, 9.17) is 23.2 Å². The second-order valence-electron chi connectivity index (χ2n) is 5.46. The van der Waals surface area contributed by atoms with Crippen molar-refractivity contribution < 1.29 is 9.18 Å². The molecule has 1 amide bonds. The van der Waals surface area contributed by atoms with Crippen LogP contribution in [-0.2, 0) is 10.5 Å². The van der Waals surface area contributed by atoms with Gasteiger partial charge in [-0.1, -0.05) is 35.2 Å². The highest BCUT2D eigenvalue weighted by Gasteiger charge is 2.68. The van der Waals surface area contributed by atoms with Crippen LogP contribution in [0.15, 0.2) is 28.6 Å². The molecule has 0 spiro atoms. The quantitative estimate of drug-likeness (QED) is 0.463. The summed E-state index contributed by atoms with van der Waals surface area (Å²) in [5.74, 6) is 0.129. The summed E-state index contributed by atoms with van der Waals surface area (Å²) in [5, 5.41) is 11.1. The fourth-order valence-electron chi connectivity index (χ4n) is 1.93. The number of rotatable bonds is 5. The summed E-state index contributed by atoms with van der Waals surface area (Å²) in [4.78, 5) is 12.1. The molecular formula is C14H12Cl2FN3OS2. The highest BCUT2D eigenvalue weighted by atomic mass is 35.5. The lowest BCUT2D eigenvalue weighted by Gasteiger charge is -2.09. The molecule has 1 heterocycles. The molecule has 122 valence electrons. The number of anilines is 1. The Labute approximate surface area is 150 Å². The van der Waals surface area contributed by atoms with Crippen LogP contribution in [0.2, 0.25) is 0 Å². The van der Waals surface area contributed by atoms with Crippen molar-refractivity contribution in [3.05, 3.63) is 35.6 Å². The molecule has 0 bridgehead atoms. The number of carbonyl (C=O) groups excluding carboxylic acids is 1. The van der Waals surface area contributed by atoms with Gasteiger partial charge >= 0.3 is 0 Å². The molecule has 0 saturated heterocycles. The number of benzene rings is 1. The Kier molecular flexibility index (Phi) is 4.57. The molecule has 1 aliphatic rings. The minimum absolute atomic E-state index is 0.256. The molecule has 1 N–H and O–H groups in total. The van der Waals surface area contributed by atoms with E-state index in [0.717, 1.165) is 5.56 Å². The topological polar surface area (TPSA) is 54.9 Å². The molecule has 1 atom stereocenters. The average Bonchev–Trinajstić information content (AvgIpc) is 2.84. The van der Waals surface area contributed by atoms with E-state index in [-0.39, 0.29) is 11.7 Å². The molecule has 3 rings (SSSR count). The molecule has 1 aliphatic carbocycles. The summed E-state index contributed by atoms with van der Waals surface area (Å²) in [6, 6.07) is 6.28. The summed E-state index contributed by atoms with van der Waals surface area (Å²) < 4.78 is 12.5. The molecule has 9 heteroatoms. The summed E-state index contributed by atoms with van der Waals surface area (Å²) in [6.45, 7) is 1.72. The number of alkyl halides is 2. The lowest BCUT2D eigenvalue weighted by atomic mass is 10.1. The van der Waals surface area contributed by atoms with Crippen LogP contribution < -0.4 is 5.32 Å². The predicted molar refractivity (Wildman–Crippen MR) is 91.7 cm³/mol. The van der Waals surface area contributed by atoms with Gasteiger partial charge in [-0.2, -0.15) is 0 Å². The Morgan fingerprint density at radius 2 is 2.04 bits per heavy atom. The third-order valence-corrected chi connectivity index (χ3v) is 6.81. The van der Waals surface area contributed by atoms with Crippen molar-refractivity contribution in [1.82, 2.24) is 10.2 Å². The minimum Gasteiger partial charge on any atom is -0.300 e. The van der Waals surface area contributed by atoms with Gasteiger partial charge in [0.15, 0.2) is 4.34 Å². The second-order valence-corrected chi connectivity index (χ2v) is 9.14. The molecule has 1 aromatic carbocycles. The van der Waals surface area contributed by atoms with Gasteiger partial charge in [0.1, 0.15) is 10.2 Å². The van der Waals surface area contributed by atoms with Gasteiger partial charge < -0.3 is 0 Å². The largest absolute Gasteiger partial charge is 0.300 e. The van der Waals surface area contributed by atoms with E-state index in [1.54, 1.807) is 19.1 Å². The lowest BCUT2D eigenvalue weighted by Crippen LogP contribution is -2.25. The Morgan fingerprint density at radius 3 is 2.65 bits per heavy atom. The molecule has 4 nitrogen and oxygen atoms in total. The van der Waals surface area contributed by atoms with E-state index in [2.05, 4.69) is 15.5 Å². The first-order valence-corrected chi connectivity index (χ1v) is 9.26. The zero-order valence-corrected chi connectivity index (χ0v) is 15.1. The zero-order chi connectivity index (χ0) is 16.7. The lowest BCUT2D eigenvalue weighted by molar-refractivity contribution is -0.120. The van der Waals surface area contributed by atoms with Gasteiger partial charge in [-0.3, -0.25) is 10.1 Å². The molecule has 1 unspecified atom stereocenters. The maximum atomic E-state index is 12.8. The van der Waals surface area contributed by atoms with E-state index >= 15 is 0 Å². The van der Waals surface area contributed by atoms with Crippen molar-refractivity contribution >= 4 is 57.3 Å². The average molecular weight is 392 g/mol. The van der Waals surface area contributed by atoms with Gasteiger partial charge in [0.2, 0.25) is 11.0 Å². The first-order chi connectivity index (χ1) is 10.8. The van der Waals surface area contributed by atoms with E-state index in [1.165, 1.54) is 35.2 Å². The number of hydrogen-bond donors (Lipinski definition) is 1. The van der Waals surface area contributed by atoms with Crippen LogP contribution in [0.3, 0.4) is 0 Å². The van der Waals surface area contributed by atoms with Crippen molar-refractivity contribution in [1.29, 1.82) is 0 Å². The van der Waals surface area contributed by atoms with E-state index in [9.17, 15) is 9.18 Å². The molecular weight excluding hydrogens is 380 g/mol. The Morgan fingerprint density at radius 1 is 1.39 bits per heavy atom. The summed E-state index contributed by atoms with van der Waals surface area (Å²) >= 11 is 14.7. The van der Waals surface area contributed by atoms with Crippen LogP contribution >= 0.6 is 46.3 Å². The van der Waals surface area contributed by atoms with Gasteiger partial charge in [-0.05, 0) is 31.0 Å². The minimum atomic E-state index is -1.01. The molecule has 0 aliphatic heterocycles. The zero-order valence-electron chi connectivity index (χ0n) is 12.0. The monoisotopic (exact) mass is 391 g/mol. The maximum Gasteiger partial charge on any atom is 0.235 e. The van der Waals surface area contributed by atoms with E-state index < -0.39 is 9.75 Å². The van der Waals surface area contributed by atoms with Gasteiger partial charge in [-0.15, -0.1) is 33.4 Å². The fourth-order valence-corrected chi connectivity index (χ4v) is 4.33. The van der Waals surface area contributed by atoms with Crippen LogP contribution in [0.5, 0.6) is 0 Å². The predicted octanol–water partition coefficient (Wildman–Crippen LogP) is 4.49. The number of carbonyl (C=O) groups is 1. The summed E-state index contributed by atoms with van der Waals surface area (Å²) in [5.41, 5.74) is 0.195. The number of amides is 1. The van der Waals surface area contributed by atoms with Crippen molar-refractivity contribution in [2.45, 2.75) is 27.8 Å². The van der Waals surface area contributed by atoms with Crippen molar-refractivity contribution in [2.24, 2.45) is 5.41 Å². The summed E-state index contributed by atoms with van der Waals surface area (Å²) in [6.07, 6.45) is 0.417. The normalized spacial score (nSPS) is 21.9. The van der Waals surface area contributed by atoms with Crippen LogP contribution in [0, 0.1) is 11.2 Å². The standard InChI is InChI=1S/C14H12Cl2FN3OS2/c1-13(7-14(13,15)16)10(21)18-11-19-20-12(23-11)22-6-8-2-4-9(17)5-3-8/h2-5H,6-7H2,1H3,(H,18,19,21). The molecule has 0 radical (unpaired) electrons. The number of hydrogen-bond acceptors (Lipinski definition) is 5. The number of aromatic nitrogens is 2. The molecule has 23 heavy (non-hydrogen) atoms. The number of nitrogens with one attached hydrogen (secondary N) is 1. The van der Waals surface area contributed by atoms with Gasteiger partial charge in [0, 0.05) is 5.75 Å². The molecule has 1 fully saturated rings. The number of nitrogens with zero attached hydrogens (tertiary/aromatic N) is 2. The molecule has 2 aromatic rings. The van der Waals surface area contributed by atoms with Crippen molar-refractivity contribution in [2.75, 3.05) is 5.32 Å². The van der Waals surface area contributed by atoms with Gasteiger partial charge in [0.05, 0.1) is 5.41 Å². The maximum absolute atomic E-state index is 12.8. The van der Waals surface area contributed by atoms with Crippen molar-refractivity contribution in [3.63, 3.8) is 0 Å². The Balaban J connectivity index is 1.56. The summed E-state index contributed by atoms with van der Waals surface area (Å²) in [7, 11) is 0. The highest BCUT2D eigenvalue weighted by Crippen LogP contribution is 2.64. The first-order valence-electron chi connectivity index (χ1n) is 6.70. The third kappa shape index (κ3) is 3.63. The van der Waals surface area contributed by atoms with E-state index in [1.807, 2.05) is 0 Å². The fraction of sp³-hybridized carbons (Fsp3) is 0.357. The van der Waals surface area contributed by atoms with Gasteiger partial charge in [0.25, 0.3) is 0 Å². The molecule has 1 aromatic heterocycles. The smallest absolute Gasteiger partial charge is 0.235 e. The Bertz CT molecular complexity index is 738. The Hall–Kier alpha value is -0.890. The van der Waals surface area contributed by atoms with Crippen LogP contribution in [-0.4, -0.2) is 20.4 Å². The van der Waals surface area contributed by atoms with E-state index in [0.29, 0.717) is 21.6 Å². The second kappa shape index (κ2) is 6.20. The van der Waals surface area contributed by atoms with Crippen LogP contribution in [0.25, 0.3) is 0 Å². The van der Waals surface area contributed by atoms with Crippen LogP contribution in [0.1, 0.15) is 18.9 Å². The highest BCUT2D eigenvalue weighted by molar-refractivity contribution is 8.00. The third-order valence-electron chi connectivity index (χ3n) is 3.66. The number of halogens is 3. The van der Waals surface area contributed by atoms with Crippen LogP contribution in [0.4, 0.5) is 9.52 Å². The first kappa shape index (κ1) is 17.0. The van der Waals surface area contributed by atoms with Crippen molar-refractivity contribution in [3.8, 4) is 0 Å². The number of thioether (sulfide) groups is 1. The molecule has 1 saturated carbocycles. The van der Waals surface area contributed by atoms with Gasteiger partial charge in [-0.25, -0.2) is 4.39 Å². The SMILES string of the molecule is CC1(C(=O)Nc2nnc(SCc3ccc(F)cc3)s2)CC1(Cl)Cl.